The molecule has 1 rings (SSSR count). The summed E-state index contributed by atoms with van der Waals surface area (Å²) in [6.45, 7) is 6.36. The van der Waals surface area contributed by atoms with E-state index < -0.39 is 16.2 Å². The van der Waals surface area contributed by atoms with E-state index in [1.807, 2.05) is 0 Å². The number of carbonyl (C=O) groups excluding carboxylic acids is 1. The van der Waals surface area contributed by atoms with Crippen molar-refractivity contribution in [2.24, 2.45) is 0 Å². The lowest BCUT2D eigenvalue weighted by molar-refractivity contribution is 0.0526. The van der Waals surface area contributed by atoms with Crippen LogP contribution >= 0.6 is 0 Å². The van der Waals surface area contributed by atoms with Crippen molar-refractivity contribution in [1.82, 2.24) is 4.31 Å². The number of esters is 1. The Morgan fingerprint density at radius 2 is 1.70 bits per heavy atom. The smallest absolute Gasteiger partial charge is 0.338 e. The Kier molecular flexibility index (Phi) is 5.97. The van der Waals surface area contributed by atoms with Gasteiger partial charge in [-0.25, -0.2) is 4.79 Å². The van der Waals surface area contributed by atoms with Crippen molar-refractivity contribution in [3.05, 3.63) is 29.8 Å². The Morgan fingerprint density at radius 1 is 1.15 bits per heavy atom. The molecule has 20 heavy (non-hydrogen) atoms. The average molecular weight is 300 g/mol. The van der Waals surface area contributed by atoms with E-state index in [9.17, 15) is 13.2 Å². The van der Waals surface area contributed by atoms with Crippen molar-refractivity contribution < 1.29 is 17.9 Å². The van der Waals surface area contributed by atoms with Crippen LogP contribution in [-0.2, 0) is 14.9 Å². The lowest BCUT2D eigenvalue weighted by Gasteiger charge is -2.19. The number of nitrogens with one attached hydrogen (secondary N) is 1. The molecule has 0 saturated heterocycles. The summed E-state index contributed by atoms with van der Waals surface area (Å²) in [6.07, 6.45) is 0. The summed E-state index contributed by atoms with van der Waals surface area (Å²) in [5.74, 6) is -0.425. The quantitative estimate of drug-likeness (QED) is 0.780. The summed E-state index contributed by atoms with van der Waals surface area (Å²) in [5, 5.41) is 0. The first-order chi connectivity index (χ1) is 9.44. The van der Waals surface area contributed by atoms with Gasteiger partial charge in [-0.05, 0) is 31.2 Å². The van der Waals surface area contributed by atoms with Gasteiger partial charge in [0, 0.05) is 18.8 Å². The van der Waals surface area contributed by atoms with E-state index in [1.165, 1.54) is 28.6 Å². The maximum Gasteiger partial charge on any atom is 0.338 e. The van der Waals surface area contributed by atoms with Crippen molar-refractivity contribution in [2.75, 3.05) is 24.4 Å². The zero-order valence-electron chi connectivity index (χ0n) is 11.9. The van der Waals surface area contributed by atoms with E-state index in [2.05, 4.69) is 4.72 Å². The van der Waals surface area contributed by atoms with Gasteiger partial charge in [0.05, 0.1) is 12.2 Å². The molecule has 1 aromatic rings. The molecule has 6 nitrogen and oxygen atoms in total. The van der Waals surface area contributed by atoms with Crippen molar-refractivity contribution in [3.8, 4) is 0 Å². The van der Waals surface area contributed by atoms with Gasteiger partial charge >= 0.3 is 16.2 Å². The van der Waals surface area contributed by atoms with Crippen LogP contribution in [0.2, 0.25) is 0 Å². The van der Waals surface area contributed by atoms with Crippen molar-refractivity contribution in [1.29, 1.82) is 0 Å². The topological polar surface area (TPSA) is 75.7 Å². The molecule has 1 aromatic carbocycles. The SMILES string of the molecule is CCOC(=O)c1ccc(NS(=O)(=O)N(CC)CC)cc1. The fraction of sp³-hybridized carbons (Fsp3) is 0.462. The van der Waals surface area contributed by atoms with Gasteiger partial charge in [0.25, 0.3) is 0 Å². The van der Waals surface area contributed by atoms with E-state index in [4.69, 9.17) is 4.74 Å². The molecule has 0 aliphatic heterocycles. The Hall–Kier alpha value is -1.60. The molecule has 112 valence electrons. The van der Waals surface area contributed by atoms with E-state index in [0.717, 1.165) is 0 Å². The van der Waals surface area contributed by atoms with Crippen LogP contribution in [0.15, 0.2) is 24.3 Å². The first kappa shape index (κ1) is 16.5. The third-order valence-corrected chi connectivity index (χ3v) is 4.38. The van der Waals surface area contributed by atoms with E-state index in [-0.39, 0.29) is 0 Å². The van der Waals surface area contributed by atoms with E-state index >= 15 is 0 Å². The first-order valence-electron chi connectivity index (χ1n) is 6.49. The van der Waals surface area contributed by atoms with Crippen LogP contribution < -0.4 is 4.72 Å². The van der Waals surface area contributed by atoms with Crippen molar-refractivity contribution >= 4 is 21.9 Å². The highest BCUT2D eigenvalue weighted by molar-refractivity contribution is 7.90. The van der Waals surface area contributed by atoms with E-state index in [0.29, 0.717) is 30.9 Å². The van der Waals surface area contributed by atoms with Gasteiger partial charge in [-0.2, -0.15) is 12.7 Å². The molecule has 0 bridgehead atoms. The number of hydrogen-bond acceptors (Lipinski definition) is 4. The molecule has 1 N–H and O–H groups in total. The van der Waals surface area contributed by atoms with E-state index in [1.54, 1.807) is 20.8 Å². The van der Waals surface area contributed by atoms with Gasteiger partial charge in [-0.1, -0.05) is 13.8 Å². The largest absolute Gasteiger partial charge is 0.462 e. The van der Waals surface area contributed by atoms with Gasteiger partial charge in [-0.15, -0.1) is 0 Å². The van der Waals surface area contributed by atoms with Crippen LogP contribution in [0.4, 0.5) is 5.69 Å². The number of rotatable bonds is 7. The predicted octanol–water partition coefficient (Wildman–Crippen LogP) is 1.86. The summed E-state index contributed by atoms with van der Waals surface area (Å²) in [6, 6.07) is 6.12. The van der Waals surface area contributed by atoms with Crippen LogP contribution in [0, 0.1) is 0 Å². The summed E-state index contributed by atoms with van der Waals surface area (Å²) in [5.41, 5.74) is 0.794. The van der Waals surface area contributed by atoms with Crippen molar-refractivity contribution in [3.63, 3.8) is 0 Å². The third-order valence-electron chi connectivity index (χ3n) is 2.69. The molecule has 0 atom stereocenters. The highest BCUT2D eigenvalue weighted by Gasteiger charge is 2.18. The summed E-state index contributed by atoms with van der Waals surface area (Å²) < 4.78 is 32.6. The Morgan fingerprint density at radius 3 is 2.15 bits per heavy atom. The fourth-order valence-corrected chi connectivity index (χ4v) is 2.91. The van der Waals surface area contributed by atoms with Crippen LogP contribution in [0.1, 0.15) is 31.1 Å². The maximum absolute atomic E-state index is 12.0. The number of benzene rings is 1. The van der Waals surface area contributed by atoms with Crippen LogP contribution in [0.5, 0.6) is 0 Å². The summed E-state index contributed by atoms with van der Waals surface area (Å²) >= 11 is 0. The number of carbonyl (C=O) groups is 1. The molecule has 0 aliphatic carbocycles. The second-order valence-electron chi connectivity index (χ2n) is 3.99. The third kappa shape index (κ3) is 4.21. The Balaban J connectivity index is 2.82. The average Bonchev–Trinajstić information content (AvgIpc) is 2.40. The molecule has 0 fully saturated rings. The number of ether oxygens (including phenoxy) is 1. The van der Waals surface area contributed by atoms with Crippen LogP contribution in [-0.4, -0.2) is 38.4 Å². The molecular weight excluding hydrogens is 280 g/mol. The minimum Gasteiger partial charge on any atom is -0.462 e. The van der Waals surface area contributed by atoms with Gasteiger partial charge in [0.15, 0.2) is 0 Å². The first-order valence-corrected chi connectivity index (χ1v) is 7.93. The Labute approximate surface area is 119 Å². The Bertz CT molecular complexity index is 536. The highest BCUT2D eigenvalue weighted by atomic mass is 32.2. The number of hydrogen-bond donors (Lipinski definition) is 1. The zero-order valence-corrected chi connectivity index (χ0v) is 12.7. The number of anilines is 1. The summed E-state index contributed by atoms with van der Waals surface area (Å²) in [7, 11) is -3.55. The molecule has 0 heterocycles. The second kappa shape index (κ2) is 7.25. The lowest BCUT2D eigenvalue weighted by atomic mass is 10.2. The second-order valence-corrected chi connectivity index (χ2v) is 5.66. The zero-order chi connectivity index (χ0) is 15.2. The molecule has 0 radical (unpaired) electrons. The molecule has 0 aromatic heterocycles. The monoisotopic (exact) mass is 300 g/mol. The molecule has 0 amide bonds. The maximum atomic E-state index is 12.0. The molecule has 0 aliphatic rings. The standard InChI is InChI=1S/C13H20N2O4S/c1-4-15(5-2)20(17,18)14-12-9-7-11(8-10-12)13(16)19-6-3/h7-10,14H,4-6H2,1-3H3. The molecule has 7 heteroatoms. The van der Waals surface area contributed by atoms with Crippen LogP contribution in [0.3, 0.4) is 0 Å². The van der Waals surface area contributed by atoms with Gasteiger partial charge in [-0.3, -0.25) is 4.72 Å². The molecule has 0 unspecified atom stereocenters. The van der Waals surface area contributed by atoms with Gasteiger partial charge in [0.2, 0.25) is 0 Å². The minimum atomic E-state index is -3.55. The highest BCUT2D eigenvalue weighted by Crippen LogP contribution is 2.13. The van der Waals surface area contributed by atoms with Gasteiger partial charge in [0.1, 0.15) is 0 Å². The molecule has 0 spiro atoms. The van der Waals surface area contributed by atoms with Gasteiger partial charge < -0.3 is 4.74 Å². The molecule has 0 saturated carbocycles. The van der Waals surface area contributed by atoms with Crippen LogP contribution in [0.25, 0.3) is 0 Å². The minimum absolute atomic E-state index is 0.301. The lowest BCUT2D eigenvalue weighted by Crippen LogP contribution is -2.35. The van der Waals surface area contributed by atoms with Crippen molar-refractivity contribution in [2.45, 2.75) is 20.8 Å². The number of nitrogens with zero attached hydrogens (tertiary/aromatic N) is 1. The molecular formula is C13H20N2O4S. The fourth-order valence-electron chi connectivity index (χ4n) is 1.67. The predicted molar refractivity (Wildman–Crippen MR) is 77.9 cm³/mol. The summed E-state index contributed by atoms with van der Waals surface area (Å²) in [4.78, 5) is 11.5. The normalized spacial score (nSPS) is 11.4.